The van der Waals surface area contributed by atoms with Gasteiger partial charge in [0.15, 0.2) is 11.5 Å². The van der Waals surface area contributed by atoms with Crippen LogP contribution >= 0.6 is 39.1 Å². The van der Waals surface area contributed by atoms with E-state index in [-0.39, 0.29) is 10.6 Å². The SMILES string of the molecule is COc1cc(/C=C(\C#N)C(=O)Nc2cccc(Cl)c2Cl)cc(Br)c1OCc1cccc2ccccc12. The fraction of sp³-hybridized carbons (Fsp3) is 0.0714. The average molecular weight is 582 g/mol. The largest absolute Gasteiger partial charge is 0.493 e. The van der Waals surface area contributed by atoms with E-state index in [4.69, 9.17) is 32.7 Å². The molecule has 0 saturated heterocycles. The molecular formula is C28H19BrCl2N2O3. The average Bonchev–Trinajstić information content (AvgIpc) is 2.88. The van der Waals surface area contributed by atoms with Crippen molar-refractivity contribution in [1.29, 1.82) is 5.26 Å². The highest BCUT2D eigenvalue weighted by molar-refractivity contribution is 9.10. The van der Waals surface area contributed by atoms with Gasteiger partial charge in [-0.2, -0.15) is 5.26 Å². The number of carbonyl (C=O) groups excluding carboxylic acids is 1. The Bertz CT molecular complexity index is 1520. The second-order valence-electron chi connectivity index (χ2n) is 7.69. The molecule has 5 nitrogen and oxygen atoms in total. The van der Waals surface area contributed by atoms with E-state index in [9.17, 15) is 10.1 Å². The lowest BCUT2D eigenvalue weighted by Crippen LogP contribution is -2.13. The Hall–Kier alpha value is -3.50. The number of hydrogen-bond acceptors (Lipinski definition) is 4. The lowest BCUT2D eigenvalue weighted by molar-refractivity contribution is -0.112. The van der Waals surface area contributed by atoms with Gasteiger partial charge in [-0.3, -0.25) is 4.79 Å². The van der Waals surface area contributed by atoms with E-state index in [0.29, 0.717) is 38.9 Å². The number of carbonyl (C=O) groups is 1. The molecule has 0 radical (unpaired) electrons. The van der Waals surface area contributed by atoms with Crippen molar-refractivity contribution in [2.45, 2.75) is 6.61 Å². The first kappa shape index (κ1) is 25.6. The first-order chi connectivity index (χ1) is 17.4. The zero-order valence-electron chi connectivity index (χ0n) is 19.0. The minimum Gasteiger partial charge on any atom is -0.493 e. The normalized spacial score (nSPS) is 11.1. The first-order valence-corrected chi connectivity index (χ1v) is 12.3. The van der Waals surface area contributed by atoms with Gasteiger partial charge in [-0.25, -0.2) is 0 Å². The number of amides is 1. The summed E-state index contributed by atoms with van der Waals surface area (Å²) in [5.41, 5.74) is 1.80. The fourth-order valence-electron chi connectivity index (χ4n) is 3.64. The van der Waals surface area contributed by atoms with Crippen LogP contribution in [0.15, 0.2) is 82.8 Å². The molecule has 0 fully saturated rings. The number of halogens is 3. The molecule has 0 spiro atoms. The van der Waals surface area contributed by atoms with Crippen LogP contribution in [-0.2, 0) is 11.4 Å². The maximum absolute atomic E-state index is 12.7. The van der Waals surface area contributed by atoms with E-state index in [1.165, 1.54) is 13.2 Å². The molecule has 180 valence electrons. The number of ether oxygens (including phenoxy) is 2. The van der Waals surface area contributed by atoms with Crippen LogP contribution in [-0.4, -0.2) is 13.0 Å². The number of rotatable bonds is 7. The first-order valence-electron chi connectivity index (χ1n) is 10.8. The predicted octanol–water partition coefficient (Wildman–Crippen LogP) is 8.04. The molecule has 1 N–H and O–H groups in total. The van der Waals surface area contributed by atoms with E-state index < -0.39 is 5.91 Å². The van der Waals surface area contributed by atoms with E-state index >= 15 is 0 Å². The molecule has 0 aliphatic carbocycles. The molecule has 0 bridgehead atoms. The van der Waals surface area contributed by atoms with Crippen LogP contribution in [0, 0.1) is 11.3 Å². The molecule has 0 unspecified atom stereocenters. The fourth-order valence-corrected chi connectivity index (χ4v) is 4.56. The van der Waals surface area contributed by atoms with Crippen molar-refractivity contribution >= 4 is 67.6 Å². The molecule has 8 heteroatoms. The molecule has 0 aliphatic heterocycles. The molecular weight excluding hydrogens is 563 g/mol. The Morgan fingerprint density at radius 3 is 2.61 bits per heavy atom. The number of nitrogens with zero attached hydrogens (tertiary/aromatic N) is 1. The molecule has 0 aromatic heterocycles. The second-order valence-corrected chi connectivity index (χ2v) is 9.33. The van der Waals surface area contributed by atoms with Crippen LogP contribution < -0.4 is 14.8 Å². The summed E-state index contributed by atoms with van der Waals surface area (Å²) in [6.07, 6.45) is 1.45. The lowest BCUT2D eigenvalue weighted by atomic mass is 10.1. The third kappa shape index (κ3) is 5.66. The molecule has 0 aliphatic rings. The van der Waals surface area contributed by atoms with Gasteiger partial charge in [0, 0.05) is 0 Å². The number of anilines is 1. The highest BCUT2D eigenvalue weighted by atomic mass is 79.9. The zero-order valence-corrected chi connectivity index (χ0v) is 22.1. The number of hydrogen-bond donors (Lipinski definition) is 1. The predicted molar refractivity (Wildman–Crippen MR) is 148 cm³/mol. The smallest absolute Gasteiger partial charge is 0.266 e. The maximum atomic E-state index is 12.7. The van der Waals surface area contributed by atoms with E-state index in [2.05, 4.69) is 39.4 Å². The molecule has 0 atom stereocenters. The maximum Gasteiger partial charge on any atom is 0.266 e. The van der Waals surface area contributed by atoms with Gasteiger partial charge in [-0.15, -0.1) is 0 Å². The quantitative estimate of drug-likeness (QED) is 0.177. The van der Waals surface area contributed by atoms with Gasteiger partial charge in [-0.05, 0) is 68.2 Å². The van der Waals surface area contributed by atoms with E-state index in [1.807, 2.05) is 30.3 Å². The summed E-state index contributed by atoms with van der Waals surface area (Å²) in [5.74, 6) is 0.343. The van der Waals surface area contributed by atoms with E-state index in [0.717, 1.165) is 16.3 Å². The number of nitrogens with one attached hydrogen (secondary N) is 1. The second kappa shape index (κ2) is 11.5. The van der Waals surface area contributed by atoms with Crippen molar-refractivity contribution in [2.24, 2.45) is 0 Å². The minimum absolute atomic E-state index is 0.121. The molecule has 4 rings (SSSR count). The summed E-state index contributed by atoms with van der Waals surface area (Å²) in [5, 5.41) is 15.0. The molecule has 0 heterocycles. The van der Waals surface area contributed by atoms with E-state index in [1.54, 1.807) is 30.3 Å². The van der Waals surface area contributed by atoms with Crippen molar-refractivity contribution in [3.05, 3.63) is 104 Å². The Balaban J connectivity index is 1.58. The Kier molecular flexibility index (Phi) is 8.17. The number of fused-ring (bicyclic) bond motifs is 1. The van der Waals surface area contributed by atoms with Gasteiger partial charge in [0.25, 0.3) is 5.91 Å². The van der Waals surface area contributed by atoms with Gasteiger partial charge in [0.2, 0.25) is 0 Å². The zero-order chi connectivity index (χ0) is 25.7. The van der Waals surface area contributed by atoms with Gasteiger partial charge in [0.05, 0.1) is 27.3 Å². The molecule has 4 aromatic carbocycles. The Labute approximate surface area is 227 Å². The van der Waals surface area contributed by atoms with Crippen LogP contribution in [0.1, 0.15) is 11.1 Å². The van der Waals surface area contributed by atoms with Crippen LogP contribution in [0.2, 0.25) is 10.0 Å². The van der Waals surface area contributed by atoms with Crippen LogP contribution in [0.4, 0.5) is 5.69 Å². The van der Waals surface area contributed by atoms with Gasteiger partial charge in [0.1, 0.15) is 18.2 Å². The van der Waals surface area contributed by atoms with Crippen molar-refractivity contribution in [3.8, 4) is 17.6 Å². The van der Waals surface area contributed by atoms with Gasteiger partial charge < -0.3 is 14.8 Å². The summed E-state index contributed by atoms with van der Waals surface area (Å²) in [6.45, 7) is 0.331. The Morgan fingerprint density at radius 2 is 1.83 bits per heavy atom. The lowest BCUT2D eigenvalue weighted by Gasteiger charge is -2.15. The summed E-state index contributed by atoms with van der Waals surface area (Å²) in [6, 6.07) is 24.4. The number of benzene rings is 4. The number of methoxy groups -OCH3 is 1. The highest BCUT2D eigenvalue weighted by Gasteiger charge is 2.16. The summed E-state index contributed by atoms with van der Waals surface area (Å²) < 4.78 is 12.3. The third-order valence-electron chi connectivity index (χ3n) is 5.38. The van der Waals surface area contributed by atoms with Crippen molar-refractivity contribution in [1.82, 2.24) is 0 Å². The van der Waals surface area contributed by atoms with Crippen LogP contribution in [0.5, 0.6) is 11.5 Å². The molecule has 4 aromatic rings. The number of nitriles is 1. The highest BCUT2D eigenvalue weighted by Crippen LogP contribution is 2.38. The van der Waals surface area contributed by atoms with Crippen LogP contribution in [0.3, 0.4) is 0 Å². The standard InChI is InChI=1S/C28H19BrCl2N2O3/c1-35-25-14-17(12-20(15-32)28(34)33-24-11-5-10-23(30)26(24)31)13-22(29)27(25)36-16-19-8-4-7-18-6-2-3-9-21(18)19/h2-14H,16H2,1H3,(H,33,34)/b20-12+. The molecule has 0 saturated carbocycles. The third-order valence-corrected chi connectivity index (χ3v) is 6.79. The minimum atomic E-state index is -0.618. The summed E-state index contributed by atoms with van der Waals surface area (Å²) in [7, 11) is 1.53. The van der Waals surface area contributed by atoms with Crippen molar-refractivity contribution in [3.63, 3.8) is 0 Å². The van der Waals surface area contributed by atoms with Crippen molar-refractivity contribution < 1.29 is 14.3 Å². The van der Waals surface area contributed by atoms with Crippen LogP contribution in [0.25, 0.3) is 16.8 Å². The van der Waals surface area contributed by atoms with Gasteiger partial charge >= 0.3 is 0 Å². The Morgan fingerprint density at radius 1 is 1.08 bits per heavy atom. The monoisotopic (exact) mass is 580 g/mol. The molecule has 1 amide bonds. The summed E-state index contributed by atoms with van der Waals surface area (Å²) in [4.78, 5) is 12.7. The molecule has 36 heavy (non-hydrogen) atoms. The summed E-state index contributed by atoms with van der Waals surface area (Å²) >= 11 is 15.7. The topological polar surface area (TPSA) is 71.3 Å². The van der Waals surface area contributed by atoms with Gasteiger partial charge in [-0.1, -0.05) is 71.7 Å². The van der Waals surface area contributed by atoms with Crippen molar-refractivity contribution in [2.75, 3.05) is 12.4 Å².